The van der Waals surface area contributed by atoms with Crippen LogP contribution >= 0.6 is 15.9 Å². The molecule has 0 aliphatic rings. The van der Waals surface area contributed by atoms with E-state index in [4.69, 9.17) is 19.5 Å². The van der Waals surface area contributed by atoms with Crippen molar-refractivity contribution in [2.75, 3.05) is 45.5 Å². The SMILES string of the molecule is COCCOCCOCCC(C#N)CBr. The predicted octanol–water partition coefficient (Wildman–Crippen LogP) is 1.59. The van der Waals surface area contributed by atoms with Crippen molar-refractivity contribution in [3.63, 3.8) is 0 Å². The van der Waals surface area contributed by atoms with Crippen LogP contribution in [0.2, 0.25) is 0 Å². The smallest absolute Gasteiger partial charge is 0.0701 e. The number of hydrogen-bond donors (Lipinski definition) is 0. The largest absolute Gasteiger partial charge is 0.382 e. The van der Waals surface area contributed by atoms with E-state index in [2.05, 4.69) is 22.0 Å². The highest BCUT2D eigenvalue weighted by Gasteiger charge is 2.04. The first kappa shape index (κ1) is 14.8. The molecule has 0 N–H and O–H groups in total. The molecule has 0 aliphatic heterocycles. The Morgan fingerprint density at radius 3 is 2.27 bits per heavy atom. The molecule has 0 amide bonds. The normalized spacial score (nSPS) is 12.3. The zero-order chi connectivity index (χ0) is 11.4. The van der Waals surface area contributed by atoms with E-state index in [1.165, 1.54) is 0 Å². The summed E-state index contributed by atoms with van der Waals surface area (Å²) in [7, 11) is 1.64. The highest BCUT2D eigenvalue weighted by Crippen LogP contribution is 2.05. The minimum atomic E-state index is 0.0411. The zero-order valence-corrected chi connectivity index (χ0v) is 10.7. The predicted molar refractivity (Wildman–Crippen MR) is 61.0 cm³/mol. The van der Waals surface area contributed by atoms with Crippen LogP contribution < -0.4 is 0 Å². The summed E-state index contributed by atoms with van der Waals surface area (Å²) in [5, 5.41) is 9.36. The minimum absolute atomic E-state index is 0.0411. The molecular formula is C10H18BrNO3. The Hall–Kier alpha value is -0.150. The Morgan fingerprint density at radius 1 is 1.13 bits per heavy atom. The first-order chi connectivity index (χ1) is 7.35. The van der Waals surface area contributed by atoms with Gasteiger partial charge in [0.05, 0.1) is 38.4 Å². The summed E-state index contributed by atoms with van der Waals surface area (Å²) in [4.78, 5) is 0. The Labute approximate surface area is 99.6 Å². The van der Waals surface area contributed by atoms with Gasteiger partial charge in [-0.2, -0.15) is 5.26 Å². The van der Waals surface area contributed by atoms with Crippen LogP contribution in [0.3, 0.4) is 0 Å². The summed E-state index contributed by atoms with van der Waals surface area (Å²) in [6, 6.07) is 2.20. The van der Waals surface area contributed by atoms with E-state index in [1.807, 2.05) is 0 Å². The second kappa shape index (κ2) is 11.9. The first-order valence-corrected chi connectivity index (χ1v) is 6.07. The van der Waals surface area contributed by atoms with Crippen LogP contribution in [0.5, 0.6) is 0 Å². The number of ether oxygens (including phenoxy) is 3. The van der Waals surface area contributed by atoms with E-state index in [9.17, 15) is 0 Å². The van der Waals surface area contributed by atoms with E-state index in [1.54, 1.807) is 7.11 Å². The highest BCUT2D eigenvalue weighted by molar-refractivity contribution is 9.09. The van der Waals surface area contributed by atoms with Crippen molar-refractivity contribution < 1.29 is 14.2 Å². The third kappa shape index (κ3) is 10.1. The molecule has 1 atom stereocenters. The fourth-order valence-electron chi connectivity index (χ4n) is 0.866. The van der Waals surface area contributed by atoms with Gasteiger partial charge in [-0.1, -0.05) is 15.9 Å². The Balaban J connectivity index is 3.08. The van der Waals surface area contributed by atoms with Crippen LogP contribution in [-0.4, -0.2) is 45.5 Å². The van der Waals surface area contributed by atoms with E-state index < -0.39 is 0 Å². The van der Waals surface area contributed by atoms with Gasteiger partial charge in [-0.25, -0.2) is 0 Å². The number of alkyl halides is 1. The van der Waals surface area contributed by atoms with Crippen molar-refractivity contribution in [3.05, 3.63) is 0 Å². The second-order valence-electron chi connectivity index (χ2n) is 2.99. The maximum Gasteiger partial charge on any atom is 0.0701 e. The Kier molecular flexibility index (Phi) is 11.8. The average Bonchev–Trinajstić information content (AvgIpc) is 2.27. The third-order valence-corrected chi connectivity index (χ3v) is 2.56. The Bertz CT molecular complexity index is 173. The lowest BCUT2D eigenvalue weighted by atomic mass is 10.1. The van der Waals surface area contributed by atoms with E-state index in [-0.39, 0.29) is 5.92 Å². The van der Waals surface area contributed by atoms with Crippen LogP contribution in [0.15, 0.2) is 0 Å². The molecule has 0 aromatic heterocycles. The molecule has 0 bridgehead atoms. The molecule has 0 spiro atoms. The third-order valence-electron chi connectivity index (χ3n) is 1.78. The van der Waals surface area contributed by atoms with Crippen LogP contribution in [0, 0.1) is 17.2 Å². The summed E-state index contributed by atoms with van der Waals surface area (Å²) in [5.41, 5.74) is 0. The summed E-state index contributed by atoms with van der Waals surface area (Å²) < 4.78 is 15.3. The fraction of sp³-hybridized carbons (Fsp3) is 0.900. The van der Waals surface area contributed by atoms with Gasteiger partial charge in [0.1, 0.15) is 0 Å². The molecule has 0 heterocycles. The molecule has 5 heteroatoms. The molecule has 88 valence electrons. The zero-order valence-electron chi connectivity index (χ0n) is 9.08. The lowest BCUT2D eigenvalue weighted by Crippen LogP contribution is -2.10. The first-order valence-electron chi connectivity index (χ1n) is 4.95. The van der Waals surface area contributed by atoms with Crippen molar-refractivity contribution in [1.29, 1.82) is 5.26 Å². The van der Waals surface area contributed by atoms with E-state index in [0.29, 0.717) is 38.4 Å². The number of halogens is 1. The number of methoxy groups -OCH3 is 1. The van der Waals surface area contributed by atoms with Gasteiger partial charge in [0.25, 0.3) is 0 Å². The van der Waals surface area contributed by atoms with E-state index in [0.717, 1.165) is 6.42 Å². The van der Waals surface area contributed by atoms with Crippen LogP contribution in [0.25, 0.3) is 0 Å². The average molecular weight is 280 g/mol. The number of nitrogens with zero attached hydrogens (tertiary/aromatic N) is 1. The van der Waals surface area contributed by atoms with Gasteiger partial charge in [0, 0.05) is 19.0 Å². The maximum atomic E-state index is 8.65. The van der Waals surface area contributed by atoms with Crippen LogP contribution in [-0.2, 0) is 14.2 Å². The van der Waals surface area contributed by atoms with Crippen molar-refractivity contribution in [2.24, 2.45) is 5.92 Å². The fourth-order valence-corrected chi connectivity index (χ4v) is 1.33. The van der Waals surface area contributed by atoms with Gasteiger partial charge < -0.3 is 14.2 Å². The molecule has 0 aromatic carbocycles. The van der Waals surface area contributed by atoms with Gasteiger partial charge in [0.15, 0.2) is 0 Å². The summed E-state index contributed by atoms with van der Waals surface area (Å²) in [5.74, 6) is 0.0411. The molecule has 0 aromatic rings. The lowest BCUT2D eigenvalue weighted by molar-refractivity contribution is 0.0232. The van der Waals surface area contributed by atoms with Gasteiger partial charge >= 0.3 is 0 Å². The molecule has 0 aliphatic carbocycles. The van der Waals surface area contributed by atoms with Gasteiger partial charge in [-0.3, -0.25) is 0 Å². The second-order valence-corrected chi connectivity index (χ2v) is 3.63. The molecule has 15 heavy (non-hydrogen) atoms. The van der Waals surface area contributed by atoms with Gasteiger partial charge in [0.2, 0.25) is 0 Å². The van der Waals surface area contributed by atoms with Crippen LogP contribution in [0.4, 0.5) is 0 Å². The molecule has 0 saturated heterocycles. The standard InChI is InChI=1S/C10H18BrNO3/c1-13-4-5-15-7-6-14-3-2-10(8-11)9-12/h10H,2-8H2,1H3. The van der Waals surface area contributed by atoms with Crippen molar-refractivity contribution in [3.8, 4) is 6.07 Å². The molecule has 0 saturated carbocycles. The van der Waals surface area contributed by atoms with Crippen molar-refractivity contribution in [1.82, 2.24) is 0 Å². The minimum Gasteiger partial charge on any atom is -0.382 e. The Morgan fingerprint density at radius 2 is 1.73 bits per heavy atom. The summed E-state index contributed by atoms with van der Waals surface area (Å²) >= 11 is 3.27. The lowest BCUT2D eigenvalue weighted by Gasteiger charge is -2.07. The van der Waals surface area contributed by atoms with Crippen molar-refractivity contribution in [2.45, 2.75) is 6.42 Å². The molecule has 0 rings (SSSR count). The number of nitriles is 1. The van der Waals surface area contributed by atoms with Crippen LogP contribution in [0.1, 0.15) is 6.42 Å². The quantitative estimate of drug-likeness (QED) is 0.450. The number of rotatable bonds is 10. The molecule has 0 radical (unpaired) electrons. The van der Waals surface area contributed by atoms with Gasteiger partial charge in [-0.05, 0) is 6.42 Å². The van der Waals surface area contributed by atoms with E-state index >= 15 is 0 Å². The molecule has 0 fully saturated rings. The topological polar surface area (TPSA) is 51.5 Å². The summed E-state index contributed by atoms with van der Waals surface area (Å²) in [6.07, 6.45) is 0.764. The molecule has 4 nitrogen and oxygen atoms in total. The molecular weight excluding hydrogens is 262 g/mol. The highest BCUT2D eigenvalue weighted by atomic mass is 79.9. The maximum absolute atomic E-state index is 8.65. The molecule has 1 unspecified atom stereocenters. The monoisotopic (exact) mass is 279 g/mol. The van der Waals surface area contributed by atoms with Gasteiger partial charge in [-0.15, -0.1) is 0 Å². The van der Waals surface area contributed by atoms with Crippen molar-refractivity contribution >= 4 is 15.9 Å². The number of hydrogen-bond acceptors (Lipinski definition) is 4. The summed E-state index contributed by atoms with van der Waals surface area (Å²) in [6.45, 7) is 2.97.